The van der Waals surface area contributed by atoms with E-state index in [1.165, 1.54) is 0 Å². The normalized spacial score (nSPS) is 27.6. The zero-order chi connectivity index (χ0) is 35.3. The summed E-state index contributed by atoms with van der Waals surface area (Å²) in [6, 6.07) is 18.2. The van der Waals surface area contributed by atoms with Gasteiger partial charge in [-0.2, -0.15) is 0 Å². The third-order valence-corrected chi connectivity index (χ3v) is 11.8. The minimum atomic E-state index is -0.0148. The molecule has 6 aliphatic rings. The Hall–Kier alpha value is -4.28. The van der Waals surface area contributed by atoms with Gasteiger partial charge < -0.3 is 21.3 Å². The summed E-state index contributed by atoms with van der Waals surface area (Å²) in [6.45, 7) is 7.84. The highest BCUT2D eigenvalue weighted by molar-refractivity contribution is 6.31. The van der Waals surface area contributed by atoms with Crippen LogP contribution in [-0.2, 0) is 9.59 Å². The molecule has 6 fully saturated rings. The molecular weight excluding hydrogens is 671 g/mol. The monoisotopic (exact) mass is 712 g/mol. The van der Waals surface area contributed by atoms with Crippen LogP contribution >= 0.6 is 23.2 Å². The molecule has 6 saturated carbocycles. The summed E-state index contributed by atoms with van der Waals surface area (Å²) >= 11 is 11.8. The third kappa shape index (κ3) is 6.63. The molecule has 4 N–H and O–H groups in total. The lowest BCUT2D eigenvalue weighted by Gasteiger charge is -2.72. The van der Waals surface area contributed by atoms with Crippen molar-refractivity contribution >= 4 is 58.0 Å². The minimum absolute atomic E-state index is 0.0148. The first-order chi connectivity index (χ1) is 23.8. The van der Waals surface area contributed by atoms with Gasteiger partial charge in [0.15, 0.2) is 0 Å². The minimum Gasteiger partial charge on any atom is -0.364 e. The zero-order valence-electron chi connectivity index (χ0n) is 28.7. The quantitative estimate of drug-likeness (QED) is 0.130. The van der Waals surface area contributed by atoms with Crippen molar-refractivity contribution in [2.24, 2.45) is 22.7 Å². The Labute approximate surface area is 302 Å². The molecule has 0 radical (unpaired) electrons. The molecule has 2 amide bonds. The number of benzene rings is 2. The number of hydrogen-bond acceptors (Lipinski definition) is 8. The van der Waals surface area contributed by atoms with E-state index < -0.39 is 0 Å². The van der Waals surface area contributed by atoms with Crippen LogP contribution in [0.4, 0.5) is 23.0 Å². The van der Waals surface area contributed by atoms with Gasteiger partial charge >= 0.3 is 0 Å². The van der Waals surface area contributed by atoms with Crippen molar-refractivity contribution in [2.45, 2.75) is 77.3 Å². The van der Waals surface area contributed by atoms with Gasteiger partial charge in [0.25, 0.3) is 0 Å². The topological polar surface area (TPSA) is 134 Å². The van der Waals surface area contributed by atoms with E-state index in [1.54, 1.807) is 36.7 Å². The van der Waals surface area contributed by atoms with Gasteiger partial charge in [-0.05, 0) is 124 Å². The predicted molar refractivity (Wildman–Crippen MR) is 197 cm³/mol. The molecule has 0 aliphatic heterocycles. The highest BCUT2D eigenvalue weighted by atomic mass is 35.5. The van der Waals surface area contributed by atoms with Crippen molar-refractivity contribution in [3.8, 4) is 0 Å². The van der Waals surface area contributed by atoms with Crippen LogP contribution in [0.5, 0.6) is 0 Å². The van der Waals surface area contributed by atoms with Crippen molar-refractivity contribution in [1.82, 2.24) is 19.9 Å². The van der Waals surface area contributed by atoms with Gasteiger partial charge in [0.1, 0.15) is 23.3 Å². The first kappa shape index (κ1) is 34.2. The molecule has 2 heterocycles. The summed E-state index contributed by atoms with van der Waals surface area (Å²) in [5, 5.41) is 14.4. The molecule has 12 heteroatoms. The Morgan fingerprint density at radius 3 is 1.26 bits per heavy atom. The molecule has 4 bridgehead atoms. The van der Waals surface area contributed by atoms with Gasteiger partial charge in [-0.15, -0.1) is 0 Å². The second-order valence-electron chi connectivity index (χ2n) is 15.0. The van der Waals surface area contributed by atoms with E-state index in [0.717, 1.165) is 73.2 Å². The number of nitrogens with one attached hydrogen (secondary N) is 4. The van der Waals surface area contributed by atoms with Crippen molar-refractivity contribution in [3.63, 3.8) is 0 Å². The number of amides is 2. The van der Waals surface area contributed by atoms with E-state index in [-0.39, 0.29) is 45.6 Å². The largest absolute Gasteiger partial charge is 0.364 e. The molecule has 260 valence electrons. The van der Waals surface area contributed by atoms with Crippen molar-refractivity contribution in [1.29, 1.82) is 0 Å². The first-order valence-corrected chi connectivity index (χ1v) is 17.8. The van der Waals surface area contributed by atoms with Crippen LogP contribution in [0, 0.1) is 36.5 Å². The first-order valence-electron chi connectivity index (χ1n) is 17.1. The Morgan fingerprint density at radius 1 is 0.600 bits per heavy atom. The smallest absolute Gasteiger partial charge is 0.227 e. The Morgan fingerprint density at radius 2 is 0.940 bits per heavy atom. The van der Waals surface area contributed by atoms with Gasteiger partial charge in [0, 0.05) is 56.7 Å². The molecule has 4 aromatic rings. The number of carbonyl (C=O) groups excluding carboxylic acids is 2. The summed E-state index contributed by atoms with van der Waals surface area (Å²) in [5.41, 5.74) is 2.02. The average Bonchev–Trinajstić information content (AvgIpc) is 3.01. The fourth-order valence-corrected chi connectivity index (χ4v) is 8.89. The molecule has 50 heavy (non-hydrogen) atoms. The van der Waals surface area contributed by atoms with Crippen molar-refractivity contribution in [2.75, 3.05) is 21.3 Å². The Bertz CT molecular complexity index is 1740. The van der Waals surface area contributed by atoms with Crippen molar-refractivity contribution in [3.05, 3.63) is 94.8 Å². The lowest BCUT2D eigenvalue weighted by atomic mass is 9.36. The van der Waals surface area contributed by atoms with E-state index in [0.29, 0.717) is 10.0 Å². The molecule has 6 aliphatic carbocycles. The van der Waals surface area contributed by atoms with Gasteiger partial charge in [0.2, 0.25) is 11.8 Å². The number of anilines is 4. The average molecular weight is 714 g/mol. The lowest BCUT2D eigenvalue weighted by molar-refractivity contribution is -0.166. The number of rotatable bonds is 10. The third-order valence-electron chi connectivity index (χ3n) is 11.3. The fourth-order valence-electron chi connectivity index (χ4n) is 8.64. The fraction of sp³-hybridized carbons (Fsp3) is 0.421. The Kier molecular flexibility index (Phi) is 8.75. The second-order valence-corrected chi connectivity index (χ2v) is 15.9. The maximum absolute atomic E-state index is 12.6. The van der Waals surface area contributed by atoms with Crippen LogP contribution < -0.4 is 21.3 Å². The van der Waals surface area contributed by atoms with Crippen molar-refractivity contribution < 1.29 is 9.59 Å². The van der Waals surface area contributed by atoms with E-state index in [4.69, 9.17) is 23.2 Å². The summed E-state index contributed by atoms with van der Waals surface area (Å²) in [7, 11) is 0. The molecule has 2 aromatic carbocycles. The van der Waals surface area contributed by atoms with Crippen LogP contribution in [-0.4, -0.2) is 42.8 Å². The zero-order valence-corrected chi connectivity index (χ0v) is 30.2. The van der Waals surface area contributed by atoms with E-state index in [9.17, 15) is 9.59 Å². The van der Waals surface area contributed by atoms with E-state index >= 15 is 0 Å². The predicted octanol–water partition coefficient (Wildman–Crippen LogP) is 8.10. The van der Waals surface area contributed by atoms with Gasteiger partial charge in [0.05, 0.1) is 0 Å². The van der Waals surface area contributed by atoms with E-state index in [1.807, 2.05) is 64.1 Å². The summed E-state index contributed by atoms with van der Waals surface area (Å²) in [4.78, 5) is 42.3. The SMILES string of the molecule is Cc1nccc(NC23CC([C@@H](C)C(=O)Nc4ccc(Cl)cc4)(C2)C3)n1.Cc1nccc(NC23CC([C@H](C)C(=O)Nc4ccc(Cl)cc4)(C2)C3)n1. The molecule has 0 spiro atoms. The standard InChI is InChI=1S/2C19H21ClN4O/c2*1-12(17(25)23-15-5-3-14(20)4-6-15)18-9-19(10-18,11-18)24-16-7-8-21-13(2)22-16/h2*3-8,12H,9-11H2,1-2H3,(H,23,25)(H,21,22,24)/t2*12-,18?,19?/m10/s1. The number of aromatic nitrogens is 4. The van der Waals surface area contributed by atoms with Gasteiger partial charge in [-0.1, -0.05) is 37.0 Å². The van der Waals surface area contributed by atoms with Crippen LogP contribution in [0.15, 0.2) is 73.1 Å². The van der Waals surface area contributed by atoms with Crippen LogP contribution in [0.3, 0.4) is 0 Å². The number of halogens is 2. The second kappa shape index (κ2) is 12.8. The molecule has 0 saturated heterocycles. The number of carbonyl (C=O) groups is 2. The lowest BCUT2D eigenvalue weighted by Crippen LogP contribution is -2.74. The number of nitrogens with zero attached hydrogens (tertiary/aromatic N) is 4. The highest BCUT2D eigenvalue weighted by Crippen LogP contribution is 2.72. The summed E-state index contributed by atoms with van der Waals surface area (Å²) in [5.74, 6) is 3.40. The maximum atomic E-state index is 12.6. The molecule has 10 nitrogen and oxygen atoms in total. The molecule has 0 unspecified atom stereocenters. The molecular formula is C38H42Cl2N8O2. The molecule has 10 rings (SSSR count). The van der Waals surface area contributed by atoms with E-state index in [2.05, 4.69) is 41.2 Å². The highest BCUT2D eigenvalue weighted by Gasteiger charge is 2.71. The van der Waals surface area contributed by atoms with Gasteiger partial charge in [-0.3, -0.25) is 9.59 Å². The Balaban J connectivity index is 0.000000157. The summed E-state index contributed by atoms with van der Waals surface area (Å²) < 4.78 is 0. The molecule has 2 aromatic heterocycles. The van der Waals surface area contributed by atoms with Crippen LogP contribution in [0.1, 0.15) is 64.0 Å². The van der Waals surface area contributed by atoms with Crippen LogP contribution in [0.25, 0.3) is 0 Å². The maximum Gasteiger partial charge on any atom is 0.227 e. The number of hydrogen-bond donors (Lipinski definition) is 4. The summed E-state index contributed by atoms with van der Waals surface area (Å²) in [6.07, 6.45) is 9.62. The molecule has 2 atom stereocenters. The van der Waals surface area contributed by atoms with Gasteiger partial charge in [-0.25, -0.2) is 19.9 Å². The van der Waals surface area contributed by atoms with Crippen LogP contribution in [0.2, 0.25) is 10.0 Å². The number of aryl methyl sites for hydroxylation is 2.